The molecule has 0 aromatic heterocycles. The van der Waals surface area contributed by atoms with Crippen LogP contribution >= 0.6 is 11.6 Å². The van der Waals surface area contributed by atoms with Crippen molar-refractivity contribution in [2.45, 2.75) is 45.6 Å². The highest BCUT2D eigenvalue weighted by Gasteiger charge is 2.32. The van der Waals surface area contributed by atoms with Crippen LogP contribution in [-0.4, -0.2) is 29.3 Å². The fourth-order valence-corrected chi connectivity index (χ4v) is 1.73. The summed E-state index contributed by atoms with van der Waals surface area (Å²) in [6, 6.07) is 0.505. The molecule has 1 atom stereocenters. The molecule has 0 radical (unpaired) electrons. The molecule has 1 saturated carbocycles. The van der Waals surface area contributed by atoms with E-state index < -0.39 is 0 Å². The predicted molar refractivity (Wildman–Crippen MR) is 59.5 cm³/mol. The molecule has 82 valence electrons. The van der Waals surface area contributed by atoms with Gasteiger partial charge >= 0.3 is 0 Å². The second-order valence-electron chi connectivity index (χ2n) is 4.22. The maximum absolute atomic E-state index is 11.9. The SMILES string of the molecule is CCC(C)CC(=O)N(CCCl)C1CC1. The van der Waals surface area contributed by atoms with Gasteiger partial charge in [-0.3, -0.25) is 4.79 Å². The Balaban J connectivity index is 2.37. The number of alkyl halides is 1. The van der Waals surface area contributed by atoms with E-state index in [0.717, 1.165) is 13.0 Å². The van der Waals surface area contributed by atoms with Crippen molar-refractivity contribution in [2.75, 3.05) is 12.4 Å². The van der Waals surface area contributed by atoms with E-state index in [1.165, 1.54) is 12.8 Å². The van der Waals surface area contributed by atoms with Crippen LogP contribution in [0.15, 0.2) is 0 Å². The van der Waals surface area contributed by atoms with Gasteiger partial charge in [0.25, 0.3) is 0 Å². The van der Waals surface area contributed by atoms with Crippen molar-refractivity contribution in [1.29, 1.82) is 0 Å². The first-order valence-corrected chi connectivity index (χ1v) is 6.07. The highest BCUT2D eigenvalue weighted by molar-refractivity contribution is 6.18. The monoisotopic (exact) mass is 217 g/mol. The molecule has 1 fully saturated rings. The van der Waals surface area contributed by atoms with Crippen molar-refractivity contribution < 1.29 is 4.79 Å². The fourth-order valence-electron chi connectivity index (χ4n) is 1.55. The zero-order valence-corrected chi connectivity index (χ0v) is 9.89. The number of amides is 1. The van der Waals surface area contributed by atoms with Crippen molar-refractivity contribution in [1.82, 2.24) is 4.90 Å². The third-order valence-electron chi connectivity index (χ3n) is 2.85. The molecule has 1 unspecified atom stereocenters. The van der Waals surface area contributed by atoms with Gasteiger partial charge in [0.1, 0.15) is 0 Å². The number of hydrogen-bond acceptors (Lipinski definition) is 1. The standard InChI is InChI=1S/C11H20ClNO/c1-3-9(2)8-11(14)13(7-6-12)10-4-5-10/h9-10H,3-8H2,1-2H3. The van der Waals surface area contributed by atoms with Gasteiger partial charge in [0, 0.05) is 24.9 Å². The second-order valence-corrected chi connectivity index (χ2v) is 4.60. The maximum Gasteiger partial charge on any atom is 0.223 e. The van der Waals surface area contributed by atoms with Gasteiger partial charge < -0.3 is 4.90 Å². The minimum atomic E-state index is 0.294. The van der Waals surface area contributed by atoms with Crippen molar-refractivity contribution in [3.63, 3.8) is 0 Å². The summed E-state index contributed by atoms with van der Waals surface area (Å²) < 4.78 is 0. The predicted octanol–water partition coefficient (Wildman–Crippen LogP) is 2.65. The van der Waals surface area contributed by atoms with Crippen molar-refractivity contribution in [3.05, 3.63) is 0 Å². The highest BCUT2D eigenvalue weighted by atomic mass is 35.5. The normalized spacial score (nSPS) is 17.9. The zero-order chi connectivity index (χ0) is 10.6. The molecule has 0 bridgehead atoms. The smallest absolute Gasteiger partial charge is 0.223 e. The quantitative estimate of drug-likeness (QED) is 0.627. The Bertz CT molecular complexity index is 192. The fraction of sp³-hybridized carbons (Fsp3) is 0.909. The maximum atomic E-state index is 11.9. The molecule has 0 aliphatic heterocycles. The van der Waals surface area contributed by atoms with Crippen LogP contribution in [0.1, 0.15) is 39.5 Å². The van der Waals surface area contributed by atoms with E-state index in [-0.39, 0.29) is 0 Å². The number of carbonyl (C=O) groups is 1. The highest BCUT2D eigenvalue weighted by Crippen LogP contribution is 2.28. The van der Waals surface area contributed by atoms with E-state index in [1.54, 1.807) is 0 Å². The molecule has 0 aromatic rings. The summed E-state index contributed by atoms with van der Waals surface area (Å²) in [6.45, 7) is 4.98. The molecule has 3 heteroatoms. The topological polar surface area (TPSA) is 20.3 Å². The Morgan fingerprint density at radius 2 is 2.21 bits per heavy atom. The largest absolute Gasteiger partial charge is 0.339 e. The molecule has 1 aliphatic rings. The molecule has 2 nitrogen and oxygen atoms in total. The molecular weight excluding hydrogens is 198 g/mol. The van der Waals surface area contributed by atoms with Gasteiger partial charge in [0.15, 0.2) is 0 Å². The first-order chi connectivity index (χ1) is 6.69. The molecule has 0 saturated heterocycles. The van der Waals surface area contributed by atoms with Crippen LogP contribution in [-0.2, 0) is 4.79 Å². The van der Waals surface area contributed by atoms with Gasteiger partial charge in [-0.2, -0.15) is 0 Å². The Kier molecular flexibility index (Phi) is 4.73. The van der Waals surface area contributed by atoms with Crippen LogP contribution < -0.4 is 0 Å². The lowest BCUT2D eigenvalue weighted by Gasteiger charge is -2.22. The molecule has 1 aliphatic carbocycles. The number of carbonyl (C=O) groups excluding carboxylic acids is 1. The van der Waals surface area contributed by atoms with E-state index in [4.69, 9.17) is 11.6 Å². The Morgan fingerprint density at radius 3 is 2.64 bits per heavy atom. The van der Waals surface area contributed by atoms with E-state index in [0.29, 0.717) is 30.2 Å². The van der Waals surface area contributed by atoms with Crippen LogP contribution in [0.4, 0.5) is 0 Å². The van der Waals surface area contributed by atoms with Gasteiger partial charge in [0.2, 0.25) is 5.91 Å². The molecule has 1 rings (SSSR count). The first kappa shape index (κ1) is 11.8. The summed E-state index contributed by atoms with van der Waals surface area (Å²) in [4.78, 5) is 13.8. The summed E-state index contributed by atoms with van der Waals surface area (Å²) >= 11 is 5.69. The second kappa shape index (κ2) is 5.59. The van der Waals surface area contributed by atoms with Crippen LogP contribution in [0, 0.1) is 5.92 Å². The number of hydrogen-bond donors (Lipinski definition) is 0. The average molecular weight is 218 g/mol. The van der Waals surface area contributed by atoms with Crippen molar-refractivity contribution in [2.24, 2.45) is 5.92 Å². The molecule has 0 heterocycles. The molecule has 1 amide bonds. The third-order valence-corrected chi connectivity index (χ3v) is 3.02. The van der Waals surface area contributed by atoms with Crippen molar-refractivity contribution >= 4 is 17.5 Å². The minimum absolute atomic E-state index is 0.294. The van der Waals surface area contributed by atoms with Crippen LogP contribution in [0.2, 0.25) is 0 Å². The summed E-state index contributed by atoms with van der Waals surface area (Å²) in [6.07, 6.45) is 4.10. The summed E-state index contributed by atoms with van der Waals surface area (Å²) in [5.74, 6) is 1.35. The molecule has 0 spiro atoms. The van der Waals surface area contributed by atoms with Gasteiger partial charge in [-0.25, -0.2) is 0 Å². The van der Waals surface area contributed by atoms with Gasteiger partial charge in [-0.05, 0) is 18.8 Å². The summed E-state index contributed by atoms with van der Waals surface area (Å²) in [7, 11) is 0. The number of halogens is 1. The van der Waals surface area contributed by atoms with E-state index in [1.807, 2.05) is 4.90 Å². The van der Waals surface area contributed by atoms with Crippen LogP contribution in [0.25, 0.3) is 0 Å². The van der Waals surface area contributed by atoms with Gasteiger partial charge in [-0.1, -0.05) is 20.3 Å². The molecule has 0 aromatic carbocycles. The minimum Gasteiger partial charge on any atom is -0.339 e. The first-order valence-electron chi connectivity index (χ1n) is 5.54. The third kappa shape index (κ3) is 3.49. The molecule has 0 N–H and O–H groups in total. The van der Waals surface area contributed by atoms with Crippen molar-refractivity contribution in [3.8, 4) is 0 Å². The summed E-state index contributed by atoms with van der Waals surface area (Å²) in [5.41, 5.74) is 0. The van der Waals surface area contributed by atoms with E-state index in [2.05, 4.69) is 13.8 Å². The van der Waals surface area contributed by atoms with E-state index in [9.17, 15) is 4.79 Å². The molecular formula is C11H20ClNO. The van der Waals surface area contributed by atoms with Crippen LogP contribution in [0.3, 0.4) is 0 Å². The molecule has 14 heavy (non-hydrogen) atoms. The van der Waals surface area contributed by atoms with E-state index >= 15 is 0 Å². The lowest BCUT2D eigenvalue weighted by atomic mass is 10.0. The lowest BCUT2D eigenvalue weighted by molar-refractivity contribution is -0.132. The lowest BCUT2D eigenvalue weighted by Crippen LogP contribution is -2.35. The van der Waals surface area contributed by atoms with Gasteiger partial charge in [-0.15, -0.1) is 11.6 Å². The Hall–Kier alpha value is -0.240. The summed E-state index contributed by atoms with van der Waals surface area (Å²) in [5, 5.41) is 0. The number of rotatable bonds is 6. The zero-order valence-electron chi connectivity index (χ0n) is 9.13. The van der Waals surface area contributed by atoms with Gasteiger partial charge in [0.05, 0.1) is 0 Å². The van der Waals surface area contributed by atoms with Crippen LogP contribution in [0.5, 0.6) is 0 Å². The number of nitrogens with zero attached hydrogens (tertiary/aromatic N) is 1. The average Bonchev–Trinajstić information content (AvgIpc) is 2.97. The Labute approximate surface area is 91.6 Å². The Morgan fingerprint density at radius 1 is 1.57 bits per heavy atom.